The maximum Gasteiger partial charge on any atom is 0.327 e. The first-order valence-electron chi connectivity index (χ1n) is 5.87. The molecule has 0 aliphatic heterocycles. The van der Waals surface area contributed by atoms with E-state index in [0.29, 0.717) is 18.2 Å². The second-order valence-corrected chi connectivity index (χ2v) is 4.30. The highest BCUT2D eigenvalue weighted by atomic mass is 35.5. The Hall–Kier alpha value is -1.32. The first kappa shape index (κ1) is 14.7. The van der Waals surface area contributed by atoms with Gasteiger partial charge in [-0.05, 0) is 31.0 Å². The molecule has 98 valence electrons. The van der Waals surface area contributed by atoms with Crippen molar-refractivity contribution < 1.29 is 9.53 Å². The molecule has 1 N–H and O–H groups in total. The summed E-state index contributed by atoms with van der Waals surface area (Å²) in [5, 5.41) is 3.71. The number of nitrogens with one attached hydrogen (secondary N) is 1. The second-order valence-electron chi connectivity index (χ2n) is 3.89. The Labute approximate surface area is 113 Å². The van der Waals surface area contributed by atoms with Crippen LogP contribution in [0.5, 0.6) is 0 Å². The first-order chi connectivity index (χ1) is 8.60. The molecule has 0 saturated heterocycles. The molecular formula is C14H18ClNO2. The van der Waals surface area contributed by atoms with Gasteiger partial charge in [0, 0.05) is 11.6 Å². The van der Waals surface area contributed by atoms with Gasteiger partial charge in [-0.25, -0.2) is 4.79 Å². The summed E-state index contributed by atoms with van der Waals surface area (Å²) in [6.07, 6.45) is 1.70. The zero-order valence-electron chi connectivity index (χ0n) is 10.7. The van der Waals surface area contributed by atoms with Gasteiger partial charge in [0.25, 0.3) is 0 Å². The van der Waals surface area contributed by atoms with Crippen LogP contribution in [-0.4, -0.2) is 19.1 Å². The number of ether oxygens (including phenoxy) is 1. The number of carbonyl (C=O) groups is 1. The van der Waals surface area contributed by atoms with Crippen molar-refractivity contribution in [3.05, 3.63) is 47.0 Å². The highest BCUT2D eigenvalue weighted by Crippen LogP contribution is 2.22. The molecule has 1 unspecified atom stereocenters. The van der Waals surface area contributed by atoms with Crippen molar-refractivity contribution in [3.63, 3.8) is 0 Å². The molecular weight excluding hydrogens is 250 g/mol. The van der Waals surface area contributed by atoms with Crippen LogP contribution < -0.4 is 5.32 Å². The lowest BCUT2D eigenvalue weighted by Crippen LogP contribution is -2.30. The molecule has 3 nitrogen and oxygen atoms in total. The molecule has 0 aliphatic carbocycles. The van der Waals surface area contributed by atoms with Crippen LogP contribution in [0.15, 0.2) is 30.9 Å². The summed E-state index contributed by atoms with van der Waals surface area (Å²) >= 11 is 6.07. The van der Waals surface area contributed by atoms with Gasteiger partial charge >= 0.3 is 5.97 Å². The normalized spacial score (nSPS) is 11.9. The molecule has 0 heterocycles. The number of rotatable bonds is 6. The summed E-state index contributed by atoms with van der Waals surface area (Å²) in [4.78, 5) is 11.9. The van der Waals surface area contributed by atoms with E-state index in [4.69, 9.17) is 16.3 Å². The Balaban J connectivity index is 2.96. The Morgan fingerprint density at radius 2 is 2.33 bits per heavy atom. The molecule has 1 rings (SSSR count). The van der Waals surface area contributed by atoms with E-state index in [1.807, 2.05) is 19.1 Å². The van der Waals surface area contributed by atoms with E-state index in [9.17, 15) is 4.79 Å². The summed E-state index contributed by atoms with van der Waals surface area (Å²) < 4.78 is 5.05. The number of hydrogen-bond donors (Lipinski definition) is 1. The number of carbonyl (C=O) groups excluding carboxylic acids is 1. The van der Waals surface area contributed by atoms with Crippen molar-refractivity contribution in [2.45, 2.75) is 19.9 Å². The first-order valence-corrected chi connectivity index (χ1v) is 6.25. The Morgan fingerprint density at radius 1 is 1.61 bits per heavy atom. The standard InChI is InChI=1S/C14H18ClNO2/c1-4-8-16-13(14(17)18-5-2)11-7-6-10(3)12(15)9-11/h4,6-7,9,13,16H,1,5,8H2,2-3H3. The van der Waals surface area contributed by atoms with Gasteiger partial charge in [-0.2, -0.15) is 0 Å². The van der Waals surface area contributed by atoms with E-state index in [0.717, 1.165) is 11.1 Å². The van der Waals surface area contributed by atoms with Crippen LogP contribution >= 0.6 is 11.6 Å². The molecule has 0 aliphatic rings. The number of hydrogen-bond acceptors (Lipinski definition) is 3. The van der Waals surface area contributed by atoms with Crippen molar-refractivity contribution in [1.82, 2.24) is 5.32 Å². The quantitative estimate of drug-likeness (QED) is 0.636. The van der Waals surface area contributed by atoms with E-state index in [-0.39, 0.29) is 5.97 Å². The van der Waals surface area contributed by atoms with E-state index >= 15 is 0 Å². The molecule has 4 heteroatoms. The fraction of sp³-hybridized carbons (Fsp3) is 0.357. The SMILES string of the molecule is C=CCNC(C(=O)OCC)c1ccc(C)c(Cl)c1. The van der Waals surface area contributed by atoms with Gasteiger partial charge in [-0.15, -0.1) is 6.58 Å². The van der Waals surface area contributed by atoms with Crippen LogP contribution in [0.3, 0.4) is 0 Å². The molecule has 0 bridgehead atoms. The third kappa shape index (κ3) is 3.86. The van der Waals surface area contributed by atoms with Crippen molar-refractivity contribution in [3.8, 4) is 0 Å². The molecule has 0 spiro atoms. The number of aryl methyl sites for hydroxylation is 1. The average molecular weight is 268 g/mol. The van der Waals surface area contributed by atoms with Gasteiger partial charge in [0.2, 0.25) is 0 Å². The Bertz CT molecular complexity index is 432. The third-order valence-electron chi connectivity index (χ3n) is 2.52. The monoisotopic (exact) mass is 267 g/mol. The molecule has 0 fully saturated rings. The predicted molar refractivity (Wildman–Crippen MR) is 73.8 cm³/mol. The largest absolute Gasteiger partial charge is 0.465 e. The van der Waals surface area contributed by atoms with Crippen LogP contribution in [-0.2, 0) is 9.53 Å². The van der Waals surface area contributed by atoms with Crippen LogP contribution in [0.2, 0.25) is 5.02 Å². The smallest absolute Gasteiger partial charge is 0.327 e. The lowest BCUT2D eigenvalue weighted by atomic mass is 10.1. The summed E-state index contributed by atoms with van der Waals surface area (Å²) in [5.74, 6) is -0.306. The highest BCUT2D eigenvalue weighted by molar-refractivity contribution is 6.31. The molecule has 0 amide bonds. The van der Waals surface area contributed by atoms with Gasteiger partial charge in [-0.1, -0.05) is 29.8 Å². The van der Waals surface area contributed by atoms with Crippen molar-refractivity contribution in [2.75, 3.05) is 13.2 Å². The molecule has 1 atom stereocenters. The Kier molecular flexibility index (Phi) is 5.89. The van der Waals surface area contributed by atoms with Crippen molar-refractivity contribution in [2.24, 2.45) is 0 Å². The summed E-state index contributed by atoms with van der Waals surface area (Å²) in [6, 6.07) is 5.04. The summed E-state index contributed by atoms with van der Waals surface area (Å²) in [5.41, 5.74) is 1.78. The molecule has 18 heavy (non-hydrogen) atoms. The summed E-state index contributed by atoms with van der Waals surface area (Å²) in [7, 11) is 0. The number of esters is 1. The molecule has 0 radical (unpaired) electrons. The molecule has 0 saturated carbocycles. The van der Waals surface area contributed by atoms with Crippen LogP contribution in [0.1, 0.15) is 24.1 Å². The van der Waals surface area contributed by atoms with E-state index in [1.165, 1.54) is 0 Å². The average Bonchev–Trinajstić information content (AvgIpc) is 2.34. The minimum atomic E-state index is -0.513. The van der Waals surface area contributed by atoms with Crippen LogP contribution in [0, 0.1) is 6.92 Å². The zero-order chi connectivity index (χ0) is 13.5. The lowest BCUT2D eigenvalue weighted by molar-refractivity contribution is -0.145. The van der Waals surface area contributed by atoms with E-state index < -0.39 is 6.04 Å². The molecule has 1 aromatic rings. The van der Waals surface area contributed by atoms with Crippen molar-refractivity contribution >= 4 is 17.6 Å². The minimum absolute atomic E-state index is 0.306. The van der Waals surface area contributed by atoms with E-state index in [1.54, 1.807) is 19.1 Å². The van der Waals surface area contributed by atoms with Gasteiger partial charge in [0.15, 0.2) is 0 Å². The fourth-order valence-corrected chi connectivity index (χ4v) is 1.74. The Morgan fingerprint density at radius 3 is 2.89 bits per heavy atom. The fourth-order valence-electron chi connectivity index (χ4n) is 1.55. The third-order valence-corrected chi connectivity index (χ3v) is 2.93. The molecule has 1 aromatic carbocycles. The van der Waals surface area contributed by atoms with Gasteiger partial charge in [0.05, 0.1) is 6.61 Å². The van der Waals surface area contributed by atoms with E-state index in [2.05, 4.69) is 11.9 Å². The lowest BCUT2D eigenvalue weighted by Gasteiger charge is -2.17. The number of halogens is 1. The topological polar surface area (TPSA) is 38.3 Å². The highest BCUT2D eigenvalue weighted by Gasteiger charge is 2.21. The minimum Gasteiger partial charge on any atom is -0.465 e. The van der Waals surface area contributed by atoms with Gasteiger partial charge in [0.1, 0.15) is 6.04 Å². The zero-order valence-corrected chi connectivity index (χ0v) is 11.5. The van der Waals surface area contributed by atoms with Gasteiger partial charge in [-0.3, -0.25) is 5.32 Å². The van der Waals surface area contributed by atoms with Crippen LogP contribution in [0.4, 0.5) is 0 Å². The van der Waals surface area contributed by atoms with Crippen molar-refractivity contribution in [1.29, 1.82) is 0 Å². The maximum absolute atomic E-state index is 11.9. The predicted octanol–water partition coefficient (Wildman–Crippen LogP) is 3.03. The second kappa shape index (κ2) is 7.19. The molecule has 0 aromatic heterocycles. The summed E-state index contributed by atoms with van der Waals surface area (Å²) in [6.45, 7) is 8.20. The number of benzene rings is 1. The van der Waals surface area contributed by atoms with Gasteiger partial charge < -0.3 is 4.74 Å². The maximum atomic E-state index is 11.9. The van der Waals surface area contributed by atoms with Crippen LogP contribution in [0.25, 0.3) is 0 Å².